The normalized spacial score (nSPS) is 34.3. The van der Waals surface area contributed by atoms with Crippen molar-refractivity contribution in [2.45, 2.75) is 50.7 Å². The van der Waals surface area contributed by atoms with Crippen molar-refractivity contribution < 1.29 is 0 Å². The van der Waals surface area contributed by atoms with E-state index in [1.807, 2.05) is 0 Å². The molecule has 0 fully saturated rings. The highest BCUT2D eigenvalue weighted by Gasteiger charge is 2.23. The molecule has 108 valence electrons. The topological polar surface area (TPSA) is 26.0 Å². The highest BCUT2D eigenvalue weighted by atomic mass is 31.0. The van der Waals surface area contributed by atoms with Gasteiger partial charge in [-0.15, -0.1) is 27.0 Å². The summed E-state index contributed by atoms with van der Waals surface area (Å²) in [6.07, 6.45) is 4.58. The van der Waals surface area contributed by atoms with Crippen LogP contribution in [0.1, 0.15) is 39.0 Å². The first-order valence-electron chi connectivity index (χ1n) is 7.69. The molecule has 0 amide bonds. The Labute approximate surface area is 131 Å². The molecule has 0 saturated heterocycles. The Morgan fingerprint density at radius 3 is 2.62 bits per heavy atom. The van der Waals surface area contributed by atoms with Crippen molar-refractivity contribution in [1.82, 2.24) is 0 Å². The van der Waals surface area contributed by atoms with Gasteiger partial charge in [-0.2, -0.15) is 0 Å². The maximum atomic E-state index is 6.21. The van der Waals surface area contributed by atoms with Gasteiger partial charge in [0.25, 0.3) is 0 Å². The molecule has 2 bridgehead atoms. The Hall–Kier alpha value is -1.37. The number of rotatable bonds is 1. The van der Waals surface area contributed by atoms with Gasteiger partial charge in [-0.05, 0) is 12.8 Å². The third-order valence-corrected chi connectivity index (χ3v) is 4.77. The van der Waals surface area contributed by atoms with Crippen LogP contribution in [0.3, 0.4) is 0 Å². The quantitative estimate of drug-likeness (QED) is 0.583. The minimum Gasteiger partial charge on any atom is -0.317 e. The zero-order chi connectivity index (χ0) is 15.1. The monoisotopic (exact) mass is 295 g/mol. The number of hydrogen-bond acceptors (Lipinski definition) is 1. The Morgan fingerprint density at radius 1 is 1.00 bits per heavy atom. The predicted molar refractivity (Wildman–Crippen MR) is 91.8 cm³/mol. The van der Waals surface area contributed by atoms with Crippen molar-refractivity contribution in [2.24, 2.45) is 23.5 Å². The summed E-state index contributed by atoms with van der Waals surface area (Å²) >= 11 is 0. The highest BCUT2D eigenvalue weighted by molar-refractivity contribution is 7.17. The van der Waals surface area contributed by atoms with E-state index >= 15 is 0 Å². The molecular weight excluding hydrogens is 273 g/mol. The second-order valence-corrected chi connectivity index (χ2v) is 6.28. The summed E-state index contributed by atoms with van der Waals surface area (Å²) in [6.45, 7) is 2.14. The Morgan fingerprint density at radius 2 is 1.81 bits per heavy atom. The van der Waals surface area contributed by atoms with Crippen LogP contribution in [0.2, 0.25) is 0 Å². The molecule has 2 aliphatic carbocycles. The molecule has 0 aliphatic heterocycles. The van der Waals surface area contributed by atoms with Gasteiger partial charge in [0.15, 0.2) is 0 Å². The summed E-state index contributed by atoms with van der Waals surface area (Å²) in [4.78, 5) is 0. The maximum Gasteiger partial charge on any atom is 0.0948 e. The van der Waals surface area contributed by atoms with Gasteiger partial charge in [0.1, 0.15) is 0 Å². The number of fused-ring (bicyclic) bond motifs is 2. The molecular formula is C19H22NP. The Bertz CT molecular complexity index is 605. The van der Waals surface area contributed by atoms with Crippen molar-refractivity contribution in [1.29, 1.82) is 0 Å². The lowest BCUT2D eigenvalue weighted by Gasteiger charge is -2.19. The average molecular weight is 295 g/mol. The average Bonchev–Trinajstić information content (AvgIpc) is 2.52. The van der Waals surface area contributed by atoms with Gasteiger partial charge in [-0.25, -0.2) is 0 Å². The Balaban J connectivity index is 2.41. The molecule has 0 aromatic rings. The first-order chi connectivity index (χ1) is 10.2. The van der Waals surface area contributed by atoms with E-state index in [9.17, 15) is 0 Å². The van der Waals surface area contributed by atoms with Crippen LogP contribution in [0.15, 0.2) is 0 Å². The van der Waals surface area contributed by atoms with E-state index in [1.54, 1.807) is 0 Å². The molecule has 0 heterocycles. The minimum absolute atomic E-state index is 0.0416. The molecule has 6 atom stereocenters. The van der Waals surface area contributed by atoms with E-state index in [0.29, 0.717) is 0 Å². The van der Waals surface area contributed by atoms with Crippen molar-refractivity contribution >= 4 is 9.24 Å². The van der Waals surface area contributed by atoms with Crippen LogP contribution in [0.25, 0.3) is 0 Å². The van der Waals surface area contributed by atoms with Crippen LogP contribution in [-0.2, 0) is 0 Å². The summed E-state index contributed by atoms with van der Waals surface area (Å²) < 4.78 is 0. The van der Waals surface area contributed by atoms with Crippen LogP contribution in [-0.4, -0.2) is 11.7 Å². The zero-order valence-corrected chi connectivity index (χ0v) is 13.7. The second kappa shape index (κ2) is 8.17. The largest absolute Gasteiger partial charge is 0.317 e. The van der Waals surface area contributed by atoms with Gasteiger partial charge in [-0.3, -0.25) is 0 Å². The zero-order valence-electron chi connectivity index (χ0n) is 12.6. The van der Waals surface area contributed by atoms with Gasteiger partial charge >= 0.3 is 0 Å². The second-order valence-electron chi connectivity index (χ2n) is 5.51. The predicted octanol–water partition coefficient (Wildman–Crippen LogP) is 2.42. The third-order valence-electron chi connectivity index (χ3n) is 3.89. The van der Waals surface area contributed by atoms with E-state index in [-0.39, 0.29) is 29.5 Å². The van der Waals surface area contributed by atoms with E-state index in [2.05, 4.69) is 63.5 Å². The Kier molecular flexibility index (Phi) is 6.22. The lowest BCUT2D eigenvalue weighted by atomic mass is 9.90. The van der Waals surface area contributed by atoms with E-state index in [0.717, 1.165) is 32.1 Å². The molecule has 0 aromatic carbocycles. The molecule has 0 spiro atoms. The van der Waals surface area contributed by atoms with Gasteiger partial charge in [0.2, 0.25) is 0 Å². The lowest BCUT2D eigenvalue weighted by Crippen LogP contribution is -2.34. The fourth-order valence-electron chi connectivity index (χ4n) is 2.41. The van der Waals surface area contributed by atoms with Crippen LogP contribution in [0, 0.1) is 65.1 Å². The minimum atomic E-state index is -0.165. The summed E-state index contributed by atoms with van der Waals surface area (Å²) in [6, 6.07) is -0.165. The SMILES string of the molecule is CCC1C#CC(N)C(P)C2C#CC1C#CCCCC#CC2. The first-order valence-corrected chi connectivity index (χ1v) is 8.36. The van der Waals surface area contributed by atoms with Crippen molar-refractivity contribution in [3.63, 3.8) is 0 Å². The fourth-order valence-corrected chi connectivity index (χ4v) is 2.73. The van der Waals surface area contributed by atoms with Gasteiger partial charge in [-0.1, -0.05) is 36.5 Å². The van der Waals surface area contributed by atoms with E-state index < -0.39 is 0 Å². The summed E-state index contributed by atoms with van der Waals surface area (Å²) in [7, 11) is 2.82. The lowest BCUT2D eigenvalue weighted by molar-refractivity contribution is 0.584. The standard InChI is InChI=1S/C19H22NP/c1-2-15-13-14-18(20)19(21)17-10-8-6-4-3-5-7-9-16(15)11-12-17/h15-19H,2-5,10,20-21H2,1H3. The third kappa shape index (κ3) is 4.56. The molecule has 0 aromatic heterocycles. The first kappa shape index (κ1) is 16.0. The van der Waals surface area contributed by atoms with E-state index in [4.69, 9.17) is 5.73 Å². The summed E-state index contributed by atoms with van der Waals surface area (Å²) in [5.41, 5.74) is 6.37. The molecule has 6 unspecified atom stereocenters. The molecule has 2 N–H and O–H groups in total. The maximum absolute atomic E-state index is 6.21. The molecule has 1 nitrogen and oxygen atoms in total. The van der Waals surface area contributed by atoms with Crippen LogP contribution < -0.4 is 5.73 Å². The van der Waals surface area contributed by atoms with Crippen molar-refractivity contribution in [3.8, 4) is 47.4 Å². The van der Waals surface area contributed by atoms with Gasteiger partial charge in [0, 0.05) is 36.8 Å². The molecule has 2 heteroatoms. The number of hydrogen-bond donors (Lipinski definition) is 1. The fraction of sp³-hybridized carbons (Fsp3) is 0.579. The summed E-state index contributed by atoms with van der Waals surface area (Å²) in [5.74, 6) is 26.7. The van der Waals surface area contributed by atoms with Crippen molar-refractivity contribution in [3.05, 3.63) is 0 Å². The van der Waals surface area contributed by atoms with Crippen molar-refractivity contribution in [2.75, 3.05) is 0 Å². The van der Waals surface area contributed by atoms with Crippen LogP contribution >= 0.6 is 9.24 Å². The molecule has 0 radical (unpaired) electrons. The van der Waals surface area contributed by atoms with Crippen LogP contribution in [0.5, 0.6) is 0 Å². The number of nitrogens with two attached hydrogens (primary N) is 1. The van der Waals surface area contributed by atoms with Crippen LogP contribution in [0.4, 0.5) is 0 Å². The molecule has 2 rings (SSSR count). The molecule has 2 aliphatic rings. The molecule has 21 heavy (non-hydrogen) atoms. The van der Waals surface area contributed by atoms with E-state index in [1.165, 1.54) is 0 Å². The smallest absolute Gasteiger partial charge is 0.0948 e. The highest BCUT2D eigenvalue weighted by Crippen LogP contribution is 2.22. The molecule has 0 saturated carbocycles. The summed E-state index contributed by atoms with van der Waals surface area (Å²) in [5, 5.41) is 0. The van der Waals surface area contributed by atoms with Gasteiger partial charge < -0.3 is 5.73 Å². The van der Waals surface area contributed by atoms with Gasteiger partial charge in [0.05, 0.1) is 12.0 Å².